The van der Waals surface area contributed by atoms with Crippen LogP contribution in [0.25, 0.3) is 21.6 Å². The number of nitrogens with one attached hydrogen (secondary N) is 1. The fourth-order valence-electron chi connectivity index (χ4n) is 3.92. The first-order valence-electron chi connectivity index (χ1n) is 11.7. The number of amides is 1. The predicted molar refractivity (Wildman–Crippen MR) is 138 cm³/mol. The minimum absolute atomic E-state index is 0.182. The van der Waals surface area contributed by atoms with Gasteiger partial charge in [0.1, 0.15) is 0 Å². The van der Waals surface area contributed by atoms with E-state index in [9.17, 15) is 4.79 Å². The highest BCUT2D eigenvalue weighted by atomic mass is 32.1. The smallest absolute Gasteiger partial charge is 0.277 e. The molecule has 1 fully saturated rings. The molecule has 12 nitrogen and oxygen atoms in total. The van der Waals surface area contributed by atoms with Gasteiger partial charge in [-0.25, -0.2) is 30.4 Å². The number of morpholine rings is 1. The number of rotatable bonds is 8. The van der Waals surface area contributed by atoms with Crippen molar-refractivity contribution in [1.82, 2.24) is 30.4 Å². The Balaban J connectivity index is 1.40. The maximum atomic E-state index is 11.5. The van der Waals surface area contributed by atoms with Gasteiger partial charge in [0.2, 0.25) is 11.8 Å². The molecule has 0 aliphatic carbocycles. The van der Waals surface area contributed by atoms with E-state index in [1.165, 1.54) is 12.4 Å². The highest BCUT2D eigenvalue weighted by molar-refractivity contribution is 7.19. The van der Waals surface area contributed by atoms with Crippen molar-refractivity contribution in [2.24, 2.45) is 0 Å². The molecule has 5 rings (SSSR count). The number of nitrogens with zero attached hydrogens (tertiary/aromatic N) is 7. The maximum Gasteiger partial charge on any atom is 0.277 e. The molecule has 2 N–H and O–H groups in total. The number of pyridine rings is 1. The molecule has 13 heteroatoms. The molecule has 1 amide bonds. The SMILES string of the molecule is COc1ccc(-c2nc(N3CCOCC3)c3sc(CCN(C)c4ncc(C(=O)NO)cn4)cc3n2)cn1. The predicted octanol–water partition coefficient (Wildman–Crippen LogP) is 2.19. The number of anilines is 2. The first-order chi connectivity index (χ1) is 18.1. The number of hydrogen-bond donors (Lipinski definition) is 2. The van der Waals surface area contributed by atoms with Crippen molar-refractivity contribution in [2.45, 2.75) is 6.42 Å². The first kappa shape index (κ1) is 24.7. The number of hydroxylamine groups is 1. The summed E-state index contributed by atoms with van der Waals surface area (Å²) in [7, 11) is 3.48. The second kappa shape index (κ2) is 11.0. The summed E-state index contributed by atoms with van der Waals surface area (Å²) in [5, 5.41) is 8.75. The third kappa shape index (κ3) is 5.43. The van der Waals surface area contributed by atoms with Gasteiger partial charge in [0.25, 0.3) is 5.91 Å². The molecule has 0 atom stereocenters. The molecule has 0 spiro atoms. The molecule has 192 valence electrons. The monoisotopic (exact) mass is 522 g/mol. The Morgan fingerprint density at radius 3 is 2.65 bits per heavy atom. The standard InChI is InChI=1S/C24H26N8O4S/c1-31(24-26-13-16(14-27-24)23(33)30-34)6-5-17-11-18-20(37-17)22(32-7-9-36-10-8-32)29-21(28-18)15-3-4-19(35-2)25-12-15/h3-4,11-14,34H,5-10H2,1-2H3,(H,30,33). The van der Waals surface area contributed by atoms with Gasteiger partial charge in [-0.15, -0.1) is 11.3 Å². The molecule has 5 heterocycles. The van der Waals surface area contributed by atoms with E-state index < -0.39 is 5.91 Å². The molecule has 0 saturated carbocycles. The lowest BCUT2D eigenvalue weighted by molar-refractivity contribution is 0.0705. The number of fused-ring (bicyclic) bond motifs is 1. The Hall–Kier alpha value is -3.94. The third-order valence-electron chi connectivity index (χ3n) is 5.96. The van der Waals surface area contributed by atoms with Gasteiger partial charge in [0, 0.05) is 61.8 Å². The molecule has 0 aromatic carbocycles. The second-order valence-electron chi connectivity index (χ2n) is 8.37. The van der Waals surface area contributed by atoms with Gasteiger partial charge in [-0.1, -0.05) is 0 Å². The number of hydrogen-bond acceptors (Lipinski definition) is 12. The van der Waals surface area contributed by atoms with Crippen molar-refractivity contribution in [3.8, 4) is 17.3 Å². The van der Waals surface area contributed by atoms with Crippen LogP contribution in [-0.4, -0.2) is 83.0 Å². The normalized spacial score (nSPS) is 13.5. The topological polar surface area (TPSA) is 139 Å². The summed E-state index contributed by atoms with van der Waals surface area (Å²) in [5.41, 5.74) is 3.47. The van der Waals surface area contributed by atoms with E-state index in [1.807, 2.05) is 18.0 Å². The van der Waals surface area contributed by atoms with E-state index in [2.05, 4.69) is 25.9 Å². The Morgan fingerprint density at radius 1 is 1.19 bits per heavy atom. The lowest BCUT2D eigenvalue weighted by Crippen LogP contribution is -2.36. The quantitative estimate of drug-likeness (QED) is 0.260. The number of ether oxygens (including phenoxy) is 2. The van der Waals surface area contributed by atoms with E-state index in [0.717, 1.165) is 46.0 Å². The summed E-state index contributed by atoms with van der Waals surface area (Å²) in [6.45, 7) is 3.52. The lowest BCUT2D eigenvalue weighted by atomic mass is 10.2. The summed E-state index contributed by atoms with van der Waals surface area (Å²) >= 11 is 1.68. The van der Waals surface area contributed by atoms with Gasteiger partial charge in [0.05, 0.1) is 36.1 Å². The minimum Gasteiger partial charge on any atom is -0.481 e. The number of methoxy groups -OCH3 is 1. The van der Waals surface area contributed by atoms with Crippen LogP contribution < -0.4 is 20.0 Å². The summed E-state index contributed by atoms with van der Waals surface area (Å²) in [4.78, 5) is 39.4. The van der Waals surface area contributed by atoms with Crippen molar-refractivity contribution in [3.05, 3.63) is 47.2 Å². The van der Waals surface area contributed by atoms with Crippen molar-refractivity contribution in [2.75, 3.05) is 56.8 Å². The zero-order chi connectivity index (χ0) is 25.8. The van der Waals surface area contributed by atoms with Crippen LogP contribution in [0.3, 0.4) is 0 Å². The highest BCUT2D eigenvalue weighted by Crippen LogP contribution is 2.35. The third-order valence-corrected chi connectivity index (χ3v) is 7.14. The van der Waals surface area contributed by atoms with Crippen LogP contribution in [0.4, 0.5) is 11.8 Å². The molecule has 0 unspecified atom stereocenters. The van der Waals surface area contributed by atoms with Gasteiger partial charge < -0.3 is 19.3 Å². The summed E-state index contributed by atoms with van der Waals surface area (Å²) < 4.78 is 11.8. The van der Waals surface area contributed by atoms with Crippen LogP contribution in [0.15, 0.2) is 36.8 Å². The molecule has 1 aliphatic rings. The Bertz CT molecular complexity index is 1370. The fraction of sp³-hybridized carbons (Fsp3) is 0.333. The molecule has 0 radical (unpaired) electrons. The zero-order valence-electron chi connectivity index (χ0n) is 20.4. The average Bonchev–Trinajstić information content (AvgIpc) is 3.38. The van der Waals surface area contributed by atoms with Crippen molar-refractivity contribution in [3.63, 3.8) is 0 Å². The van der Waals surface area contributed by atoms with E-state index in [0.29, 0.717) is 37.4 Å². The Morgan fingerprint density at radius 2 is 1.97 bits per heavy atom. The molecule has 0 bridgehead atoms. The molecule has 37 heavy (non-hydrogen) atoms. The number of thiophene rings is 1. The molecular weight excluding hydrogens is 496 g/mol. The molecule has 4 aromatic heterocycles. The summed E-state index contributed by atoms with van der Waals surface area (Å²) in [5.74, 6) is 1.89. The van der Waals surface area contributed by atoms with Gasteiger partial charge >= 0.3 is 0 Å². The van der Waals surface area contributed by atoms with Gasteiger partial charge in [-0.2, -0.15) is 0 Å². The van der Waals surface area contributed by atoms with Crippen LogP contribution >= 0.6 is 11.3 Å². The number of carbonyl (C=O) groups excluding carboxylic acids is 1. The lowest BCUT2D eigenvalue weighted by Gasteiger charge is -2.28. The fourth-order valence-corrected chi connectivity index (χ4v) is 5.02. The first-order valence-corrected chi connectivity index (χ1v) is 12.5. The minimum atomic E-state index is -0.651. The van der Waals surface area contributed by atoms with Crippen LogP contribution in [0.2, 0.25) is 0 Å². The molecule has 4 aromatic rings. The van der Waals surface area contributed by atoms with Crippen LogP contribution in [0, 0.1) is 0 Å². The number of carbonyl (C=O) groups is 1. The van der Waals surface area contributed by atoms with E-state index in [1.54, 1.807) is 36.2 Å². The molecule has 1 saturated heterocycles. The van der Waals surface area contributed by atoms with Crippen LogP contribution in [0.1, 0.15) is 15.2 Å². The van der Waals surface area contributed by atoms with Crippen molar-refractivity contribution in [1.29, 1.82) is 0 Å². The number of likely N-dealkylation sites (N-methyl/N-ethyl adjacent to an activating group) is 1. The molecular formula is C24H26N8O4S. The van der Waals surface area contributed by atoms with Crippen LogP contribution in [-0.2, 0) is 11.2 Å². The van der Waals surface area contributed by atoms with E-state index >= 15 is 0 Å². The zero-order valence-corrected chi connectivity index (χ0v) is 21.2. The highest BCUT2D eigenvalue weighted by Gasteiger charge is 2.20. The Labute approximate surface area is 216 Å². The van der Waals surface area contributed by atoms with E-state index in [4.69, 9.17) is 24.6 Å². The van der Waals surface area contributed by atoms with Gasteiger partial charge in [-0.05, 0) is 18.6 Å². The summed E-state index contributed by atoms with van der Waals surface area (Å²) in [6, 6.07) is 5.82. The largest absolute Gasteiger partial charge is 0.481 e. The van der Waals surface area contributed by atoms with Crippen LogP contribution in [0.5, 0.6) is 5.88 Å². The van der Waals surface area contributed by atoms with Crippen molar-refractivity contribution < 1.29 is 19.5 Å². The Kier molecular flexibility index (Phi) is 7.35. The van der Waals surface area contributed by atoms with Crippen molar-refractivity contribution >= 4 is 39.2 Å². The van der Waals surface area contributed by atoms with Gasteiger partial charge in [-0.3, -0.25) is 10.0 Å². The maximum absolute atomic E-state index is 11.5. The number of aromatic nitrogens is 5. The van der Waals surface area contributed by atoms with E-state index in [-0.39, 0.29) is 5.56 Å². The second-order valence-corrected chi connectivity index (χ2v) is 9.51. The average molecular weight is 523 g/mol. The van der Waals surface area contributed by atoms with Gasteiger partial charge in [0.15, 0.2) is 11.6 Å². The summed E-state index contributed by atoms with van der Waals surface area (Å²) in [6.07, 6.45) is 5.23. The molecule has 1 aliphatic heterocycles.